The summed E-state index contributed by atoms with van der Waals surface area (Å²) in [5.74, 6) is -2.77. The number of halogens is 8. The van der Waals surface area contributed by atoms with E-state index >= 15 is 0 Å². The third-order valence-electron chi connectivity index (χ3n) is 3.13. The number of benzene rings is 2. The quantitative estimate of drug-likeness (QED) is 0.601. The van der Waals surface area contributed by atoms with Crippen LogP contribution in [0.2, 0.25) is 0 Å². The Bertz CT molecular complexity index is 769. The summed E-state index contributed by atoms with van der Waals surface area (Å²) in [6, 6.07) is 5.59. The van der Waals surface area contributed by atoms with Crippen LogP contribution in [0.5, 0.6) is 5.75 Å². The van der Waals surface area contributed by atoms with Crippen molar-refractivity contribution in [3.05, 3.63) is 65.0 Å². The van der Waals surface area contributed by atoms with E-state index in [1.165, 1.54) is 12.1 Å². The highest BCUT2D eigenvalue weighted by atomic mass is 19.4. The van der Waals surface area contributed by atoms with Crippen LogP contribution in [0.1, 0.15) is 16.7 Å². The predicted octanol–water partition coefficient (Wildman–Crippen LogP) is 5.85. The molecule has 2 aromatic carbocycles. The van der Waals surface area contributed by atoms with E-state index in [1.54, 1.807) is 6.92 Å². The van der Waals surface area contributed by atoms with Crippen molar-refractivity contribution in [1.29, 1.82) is 0 Å². The van der Waals surface area contributed by atoms with Gasteiger partial charge in [-0.2, -0.15) is 17.6 Å². The second-order valence-corrected chi connectivity index (χ2v) is 5.19. The summed E-state index contributed by atoms with van der Waals surface area (Å²) in [5, 5.41) is 0. The molecule has 0 aliphatic heterocycles. The average molecular weight is 386 g/mol. The first-order valence-electron chi connectivity index (χ1n) is 6.89. The van der Waals surface area contributed by atoms with E-state index in [0.717, 1.165) is 12.1 Å². The lowest BCUT2D eigenvalue weighted by atomic mass is 10.1. The van der Waals surface area contributed by atoms with E-state index in [0.29, 0.717) is 11.6 Å². The summed E-state index contributed by atoms with van der Waals surface area (Å²) >= 11 is 0. The number of alkyl halides is 7. The zero-order chi connectivity index (χ0) is 19.8. The summed E-state index contributed by atoms with van der Waals surface area (Å²) in [6.45, 7) is 1.65. The summed E-state index contributed by atoms with van der Waals surface area (Å²) in [6.07, 6.45) is -14.7. The van der Waals surface area contributed by atoms with Gasteiger partial charge in [0.15, 0.2) is 0 Å². The Hall–Kier alpha value is -2.36. The maximum absolute atomic E-state index is 14.0. The van der Waals surface area contributed by atoms with Crippen LogP contribution < -0.4 is 4.74 Å². The molecule has 0 fully saturated rings. The highest BCUT2D eigenvalue weighted by Crippen LogP contribution is 2.39. The molecule has 0 saturated carbocycles. The first-order valence-corrected chi connectivity index (χ1v) is 6.89. The molecule has 0 spiro atoms. The second kappa shape index (κ2) is 6.75. The van der Waals surface area contributed by atoms with Gasteiger partial charge in [-0.3, -0.25) is 0 Å². The molecule has 2 nitrogen and oxygen atoms in total. The minimum Gasteiger partial charge on any atom is -0.429 e. The Morgan fingerprint density at radius 2 is 1.35 bits per heavy atom. The predicted molar refractivity (Wildman–Crippen MR) is 73.1 cm³/mol. The number of hydrogen-bond donors (Lipinski definition) is 0. The molecule has 0 aromatic heterocycles. The SMILES string of the molecule is Cc1ccc(C(F)(F)Oc2ccc(C(F)(F)OC(F)(F)F)c(F)c2)cc1. The molecule has 26 heavy (non-hydrogen) atoms. The third kappa shape index (κ3) is 4.84. The van der Waals surface area contributed by atoms with Crippen LogP contribution in [0.3, 0.4) is 0 Å². The average Bonchev–Trinajstić information content (AvgIpc) is 2.44. The molecule has 0 saturated heterocycles. The van der Waals surface area contributed by atoms with Gasteiger partial charge in [-0.05, 0) is 31.2 Å². The van der Waals surface area contributed by atoms with E-state index in [1.807, 2.05) is 0 Å². The highest BCUT2D eigenvalue weighted by Gasteiger charge is 2.48. The van der Waals surface area contributed by atoms with Crippen LogP contribution in [-0.4, -0.2) is 6.36 Å². The van der Waals surface area contributed by atoms with Crippen LogP contribution in [0, 0.1) is 12.7 Å². The van der Waals surface area contributed by atoms with Crippen molar-refractivity contribution < 1.29 is 44.6 Å². The van der Waals surface area contributed by atoms with E-state index in [2.05, 4.69) is 9.47 Å². The van der Waals surface area contributed by atoms with E-state index in [9.17, 15) is 35.1 Å². The van der Waals surface area contributed by atoms with Crippen LogP contribution in [0.25, 0.3) is 0 Å². The fraction of sp³-hybridized carbons (Fsp3) is 0.250. The van der Waals surface area contributed by atoms with Gasteiger partial charge in [0.2, 0.25) is 0 Å². The number of rotatable bonds is 5. The topological polar surface area (TPSA) is 18.5 Å². The van der Waals surface area contributed by atoms with Crippen molar-refractivity contribution in [3.8, 4) is 5.75 Å². The van der Waals surface area contributed by atoms with Crippen LogP contribution in [-0.2, 0) is 17.0 Å². The Labute approximate surface area is 141 Å². The molecule has 0 bridgehead atoms. The fourth-order valence-electron chi connectivity index (χ4n) is 1.95. The number of hydrogen-bond acceptors (Lipinski definition) is 2. The van der Waals surface area contributed by atoms with Crippen LogP contribution in [0.15, 0.2) is 42.5 Å². The molecular weight excluding hydrogens is 376 g/mol. The zero-order valence-electron chi connectivity index (χ0n) is 12.9. The zero-order valence-corrected chi connectivity index (χ0v) is 12.9. The Morgan fingerprint density at radius 3 is 1.85 bits per heavy atom. The molecule has 142 valence electrons. The van der Waals surface area contributed by atoms with Crippen molar-refractivity contribution in [2.75, 3.05) is 0 Å². The van der Waals surface area contributed by atoms with Crippen molar-refractivity contribution in [3.63, 3.8) is 0 Å². The largest absolute Gasteiger partial charge is 0.527 e. The first-order chi connectivity index (χ1) is 11.8. The maximum Gasteiger partial charge on any atom is 0.527 e. The summed E-state index contributed by atoms with van der Waals surface area (Å²) in [4.78, 5) is 0. The van der Waals surface area contributed by atoms with Crippen LogP contribution >= 0.6 is 0 Å². The van der Waals surface area contributed by atoms with E-state index in [4.69, 9.17) is 0 Å². The Morgan fingerprint density at radius 1 is 0.769 bits per heavy atom. The molecule has 10 heteroatoms. The highest BCUT2D eigenvalue weighted by molar-refractivity contribution is 5.32. The normalized spacial score (nSPS) is 13.0. The molecule has 0 aliphatic rings. The van der Waals surface area contributed by atoms with Gasteiger partial charge in [0, 0.05) is 6.07 Å². The maximum atomic E-state index is 14.0. The standard InChI is InChI=1S/C16H10F8O2/c1-9-2-4-10(5-3-9)14(18,19)25-11-6-7-12(13(17)8-11)15(20,21)26-16(22,23)24/h2-8H,1H3. The van der Waals surface area contributed by atoms with Gasteiger partial charge in [0.05, 0.1) is 11.1 Å². The molecule has 2 rings (SSSR count). The van der Waals surface area contributed by atoms with Gasteiger partial charge in [0.1, 0.15) is 11.6 Å². The fourth-order valence-corrected chi connectivity index (χ4v) is 1.95. The van der Waals surface area contributed by atoms with Crippen LogP contribution in [0.4, 0.5) is 35.1 Å². The summed E-state index contributed by atoms with van der Waals surface area (Å²) < 4.78 is 111. The lowest BCUT2D eigenvalue weighted by Gasteiger charge is -2.21. The number of ether oxygens (including phenoxy) is 2. The van der Waals surface area contributed by atoms with Gasteiger partial charge in [-0.15, -0.1) is 13.2 Å². The van der Waals surface area contributed by atoms with Crippen molar-refractivity contribution in [2.45, 2.75) is 25.5 Å². The van der Waals surface area contributed by atoms with Gasteiger partial charge < -0.3 is 4.74 Å². The second-order valence-electron chi connectivity index (χ2n) is 5.19. The molecule has 0 atom stereocenters. The molecule has 0 aliphatic carbocycles. The molecule has 0 N–H and O–H groups in total. The number of aryl methyl sites for hydroxylation is 1. The third-order valence-corrected chi connectivity index (χ3v) is 3.13. The lowest BCUT2D eigenvalue weighted by molar-refractivity contribution is -0.432. The van der Waals surface area contributed by atoms with Gasteiger partial charge in [0.25, 0.3) is 0 Å². The monoisotopic (exact) mass is 386 g/mol. The summed E-state index contributed by atoms with van der Waals surface area (Å²) in [7, 11) is 0. The lowest BCUT2D eigenvalue weighted by Crippen LogP contribution is -2.28. The van der Waals surface area contributed by atoms with Gasteiger partial charge >= 0.3 is 18.6 Å². The molecular formula is C16H10F8O2. The van der Waals surface area contributed by atoms with Crippen molar-refractivity contribution in [2.24, 2.45) is 0 Å². The van der Waals surface area contributed by atoms with Gasteiger partial charge in [-0.1, -0.05) is 17.7 Å². The molecule has 0 amide bonds. The van der Waals surface area contributed by atoms with E-state index in [-0.39, 0.29) is 12.1 Å². The minimum atomic E-state index is -5.73. The minimum absolute atomic E-state index is 0.116. The Balaban J connectivity index is 2.25. The molecule has 0 radical (unpaired) electrons. The molecule has 2 aromatic rings. The molecule has 0 unspecified atom stereocenters. The van der Waals surface area contributed by atoms with Gasteiger partial charge in [-0.25, -0.2) is 9.13 Å². The van der Waals surface area contributed by atoms with E-state index < -0.39 is 41.3 Å². The summed E-state index contributed by atoms with van der Waals surface area (Å²) in [5.41, 5.74) is -1.68. The first kappa shape index (κ1) is 20.0. The van der Waals surface area contributed by atoms with Crippen molar-refractivity contribution >= 4 is 0 Å². The molecule has 0 heterocycles. The smallest absolute Gasteiger partial charge is 0.429 e. The Kier molecular flexibility index (Phi) is 5.18. The van der Waals surface area contributed by atoms with Crippen molar-refractivity contribution in [1.82, 2.24) is 0 Å².